The molecular formula is C12H15N3O3S. The molecule has 19 heavy (non-hydrogen) atoms. The first-order chi connectivity index (χ1) is 8.94. The van der Waals surface area contributed by atoms with E-state index in [2.05, 4.69) is 9.88 Å². The fourth-order valence-electron chi connectivity index (χ4n) is 1.66. The topological polar surface area (TPSA) is 98.2 Å². The Bertz CT molecular complexity index is 692. The highest BCUT2D eigenvalue weighted by Crippen LogP contribution is 2.23. The first-order valence-electron chi connectivity index (χ1n) is 5.77. The van der Waals surface area contributed by atoms with Crippen molar-refractivity contribution in [2.24, 2.45) is 0 Å². The monoisotopic (exact) mass is 281 g/mol. The van der Waals surface area contributed by atoms with E-state index in [1.165, 1.54) is 12.1 Å². The molecule has 0 bridgehead atoms. The molecule has 0 fully saturated rings. The average molecular weight is 281 g/mol. The van der Waals surface area contributed by atoms with Gasteiger partial charge in [-0.3, -0.25) is 0 Å². The van der Waals surface area contributed by atoms with Crippen LogP contribution in [-0.4, -0.2) is 13.6 Å². The number of anilines is 2. The Morgan fingerprint density at radius 1 is 1.42 bits per heavy atom. The molecule has 2 rings (SSSR count). The number of sulfonamides is 1. The molecule has 0 spiro atoms. The lowest BCUT2D eigenvalue weighted by atomic mass is 10.2. The van der Waals surface area contributed by atoms with Crippen LogP contribution in [0.25, 0.3) is 0 Å². The van der Waals surface area contributed by atoms with Gasteiger partial charge in [0, 0.05) is 11.3 Å². The largest absolute Gasteiger partial charge is 0.399 e. The van der Waals surface area contributed by atoms with E-state index >= 15 is 0 Å². The molecule has 7 heteroatoms. The molecule has 0 radical (unpaired) electrons. The van der Waals surface area contributed by atoms with E-state index in [0.717, 1.165) is 5.69 Å². The van der Waals surface area contributed by atoms with Crippen LogP contribution >= 0.6 is 0 Å². The highest BCUT2D eigenvalue weighted by molar-refractivity contribution is 7.92. The zero-order valence-electron chi connectivity index (χ0n) is 10.7. The van der Waals surface area contributed by atoms with Crippen molar-refractivity contribution in [1.29, 1.82) is 0 Å². The molecule has 0 unspecified atom stereocenters. The van der Waals surface area contributed by atoms with E-state index in [-0.39, 0.29) is 10.8 Å². The summed E-state index contributed by atoms with van der Waals surface area (Å²) in [7, 11) is -3.72. The van der Waals surface area contributed by atoms with Gasteiger partial charge in [-0.1, -0.05) is 18.1 Å². The predicted molar refractivity (Wildman–Crippen MR) is 72.3 cm³/mol. The maximum absolute atomic E-state index is 12.1. The van der Waals surface area contributed by atoms with Gasteiger partial charge in [0.1, 0.15) is 0 Å². The Hall–Kier alpha value is -2.02. The molecule has 0 amide bonds. The van der Waals surface area contributed by atoms with Crippen LogP contribution in [0, 0.1) is 6.92 Å². The van der Waals surface area contributed by atoms with Crippen molar-refractivity contribution in [3.63, 3.8) is 0 Å². The van der Waals surface area contributed by atoms with Crippen LogP contribution < -0.4 is 10.5 Å². The minimum Gasteiger partial charge on any atom is -0.399 e. The van der Waals surface area contributed by atoms with E-state index in [1.54, 1.807) is 19.1 Å². The van der Waals surface area contributed by atoms with Crippen LogP contribution in [-0.2, 0) is 16.4 Å². The highest BCUT2D eigenvalue weighted by atomic mass is 32.2. The summed E-state index contributed by atoms with van der Waals surface area (Å²) in [4.78, 5) is 0.0846. The number of aromatic nitrogens is 1. The first-order valence-corrected chi connectivity index (χ1v) is 7.26. The van der Waals surface area contributed by atoms with Gasteiger partial charge in [0.15, 0.2) is 0 Å². The number of aryl methyl sites for hydroxylation is 1. The lowest BCUT2D eigenvalue weighted by molar-refractivity contribution is 0.427. The molecule has 6 nitrogen and oxygen atoms in total. The standard InChI is InChI=1S/C12H15N3O3S/c1-3-11-8(2)12(18-14-11)15-19(16,17)10-6-4-5-9(13)7-10/h4-7,15H,3,13H2,1-2H3. The van der Waals surface area contributed by atoms with E-state index in [0.29, 0.717) is 17.7 Å². The third kappa shape index (κ3) is 2.70. The van der Waals surface area contributed by atoms with Crippen LogP contribution in [0.3, 0.4) is 0 Å². The zero-order chi connectivity index (χ0) is 14.0. The number of nitrogens with two attached hydrogens (primary N) is 1. The summed E-state index contributed by atoms with van der Waals surface area (Å²) in [6.07, 6.45) is 0.676. The minimum atomic E-state index is -3.72. The molecular weight excluding hydrogens is 266 g/mol. The van der Waals surface area contributed by atoms with Gasteiger partial charge in [-0.05, 0) is 31.5 Å². The number of rotatable bonds is 4. The van der Waals surface area contributed by atoms with Gasteiger partial charge in [0.05, 0.1) is 10.6 Å². The van der Waals surface area contributed by atoms with Gasteiger partial charge in [0.25, 0.3) is 10.0 Å². The predicted octanol–water partition coefficient (Wildman–Crippen LogP) is 1.93. The summed E-state index contributed by atoms with van der Waals surface area (Å²) in [5.41, 5.74) is 7.37. The van der Waals surface area contributed by atoms with E-state index in [4.69, 9.17) is 10.3 Å². The number of hydrogen-bond acceptors (Lipinski definition) is 5. The molecule has 0 aliphatic rings. The van der Waals surface area contributed by atoms with Crippen molar-refractivity contribution in [3.8, 4) is 0 Å². The Kier molecular flexibility index (Phi) is 3.48. The molecule has 0 aliphatic heterocycles. The number of nitrogens with zero attached hydrogens (tertiary/aromatic N) is 1. The van der Waals surface area contributed by atoms with Crippen LogP contribution in [0.4, 0.5) is 11.6 Å². The Morgan fingerprint density at radius 3 is 2.74 bits per heavy atom. The van der Waals surface area contributed by atoms with Crippen molar-refractivity contribution in [1.82, 2.24) is 5.16 Å². The lowest BCUT2D eigenvalue weighted by Crippen LogP contribution is -2.13. The lowest BCUT2D eigenvalue weighted by Gasteiger charge is -2.06. The molecule has 1 heterocycles. The van der Waals surface area contributed by atoms with Crippen molar-refractivity contribution < 1.29 is 12.9 Å². The minimum absolute atomic E-state index is 0.0846. The number of nitrogens with one attached hydrogen (secondary N) is 1. The molecule has 3 N–H and O–H groups in total. The first kappa shape index (κ1) is 13.4. The third-order valence-corrected chi connectivity index (χ3v) is 4.08. The fraction of sp³-hybridized carbons (Fsp3) is 0.250. The van der Waals surface area contributed by atoms with Crippen molar-refractivity contribution >= 4 is 21.6 Å². The van der Waals surface area contributed by atoms with Crippen LogP contribution in [0.15, 0.2) is 33.7 Å². The SMILES string of the molecule is CCc1noc(NS(=O)(=O)c2cccc(N)c2)c1C. The van der Waals surface area contributed by atoms with E-state index in [9.17, 15) is 8.42 Å². The summed E-state index contributed by atoms with van der Waals surface area (Å²) < 4.78 is 31.7. The molecule has 0 aliphatic carbocycles. The average Bonchev–Trinajstić information content (AvgIpc) is 2.70. The van der Waals surface area contributed by atoms with Crippen LogP contribution in [0.5, 0.6) is 0 Å². The van der Waals surface area contributed by atoms with Gasteiger partial charge in [-0.2, -0.15) is 0 Å². The van der Waals surface area contributed by atoms with Crippen molar-refractivity contribution in [3.05, 3.63) is 35.5 Å². The molecule has 1 aromatic carbocycles. The second-order valence-corrected chi connectivity index (χ2v) is 5.80. The highest BCUT2D eigenvalue weighted by Gasteiger charge is 2.19. The van der Waals surface area contributed by atoms with E-state index in [1.807, 2.05) is 6.92 Å². The van der Waals surface area contributed by atoms with Gasteiger partial charge >= 0.3 is 0 Å². The smallest absolute Gasteiger partial charge is 0.264 e. The number of hydrogen-bond donors (Lipinski definition) is 2. The molecule has 1 aromatic heterocycles. The molecule has 102 valence electrons. The van der Waals surface area contributed by atoms with Gasteiger partial charge in [-0.25, -0.2) is 13.1 Å². The number of benzene rings is 1. The van der Waals surface area contributed by atoms with E-state index < -0.39 is 10.0 Å². The second-order valence-electron chi connectivity index (χ2n) is 4.11. The maximum atomic E-state index is 12.1. The molecule has 0 saturated heterocycles. The quantitative estimate of drug-likeness (QED) is 0.834. The van der Waals surface area contributed by atoms with Crippen LogP contribution in [0.1, 0.15) is 18.2 Å². The van der Waals surface area contributed by atoms with Gasteiger partial charge in [-0.15, -0.1) is 0 Å². The molecule has 2 aromatic rings. The molecule has 0 saturated carbocycles. The summed E-state index contributed by atoms with van der Waals surface area (Å²) >= 11 is 0. The summed E-state index contributed by atoms with van der Waals surface area (Å²) in [6, 6.07) is 6.04. The maximum Gasteiger partial charge on any atom is 0.264 e. The molecule has 0 atom stereocenters. The summed E-state index contributed by atoms with van der Waals surface area (Å²) in [5.74, 6) is 0.138. The normalized spacial score (nSPS) is 11.5. The van der Waals surface area contributed by atoms with Gasteiger partial charge < -0.3 is 10.3 Å². The Labute approximate surface area is 111 Å². The zero-order valence-corrected chi connectivity index (χ0v) is 11.5. The summed E-state index contributed by atoms with van der Waals surface area (Å²) in [5, 5.41) is 3.80. The fourth-order valence-corrected chi connectivity index (χ4v) is 2.76. The Balaban J connectivity index is 2.34. The number of nitrogen functional groups attached to an aromatic ring is 1. The van der Waals surface area contributed by atoms with Crippen LogP contribution in [0.2, 0.25) is 0 Å². The van der Waals surface area contributed by atoms with Crippen molar-refractivity contribution in [2.45, 2.75) is 25.2 Å². The summed E-state index contributed by atoms with van der Waals surface area (Å²) in [6.45, 7) is 3.67. The third-order valence-electron chi connectivity index (χ3n) is 2.75. The van der Waals surface area contributed by atoms with Crippen molar-refractivity contribution in [2.75, 3.05) is 10.5 Å². The second kappa shape index (κ2) is 4.93. The Morgan fingerprint density at radius 2 is 2.16 bits per heavy atom. The van der Waals surface area contributed by atoms with Gasteiger partial charge in [0.2, 0.25) is 5.88 Å².